The first-order chi connectivity index (χ1) is 9.49. The van der Waals surface area contributed by atoms with Crippen molar-refractivity contribution in [2.45, 2.75) is 31.9 Å². The Labute approximate surface area is 115 Å². The molecule has 1 aliphatic carbocycles. The Hall–Kier alpha value is -1.52. The van der Waals surface area contributed by atoms with Crippen LogP contribution in [0.4, 0.5) is 13.2 Å². The van der Waals surface area contributed by atoms with Gasteiger partial charge in [-0.05, 0) is 43.7 Å². The van der Waals surface area contributed by atoms with Crippen LogP contribution in [0.1, 0.15) is 36.0 Å². The normalized spacial score (nSPS) is 23.4. The number of carbonyl (C=O) groups is 1. The molecule has 1 aromatic rings. The summed E-state index contributed by atoms with van der Waals surface area (Å²) < 4.78 is 43.2. The van der Waals surface area contributed by atoms with Gasteiger partial charge in [-0.2, -0.15) is 13.2 Å². The lowest BCUT2D eigenvalue weighted by Gasteiger charge is -2.29. The molecule has 1 aliphatic rings. The summed E-state index contributed by atoms with van der Waals surface area (Å²) in [4.78, 5) is 10.6. The van der Waals surface area contributed by atoms with Gasteiger partial charge in [-0.3, -0.25) is 4.79 Å². The molecule has 2 nitrogen and oxygen atoms in total. The highest BCUT2D eigenvalue weighted by atomic mass is 19.4. The van der Waals surface area contributed by atoms with E-state index in [1.54, 1.807) is 24.3 Å². The third-order valence-electron chi connectivity index (χ3n) is 3.79. The number of rotatable bonds is 4. The fraction of sp³-hybridized carbons (Fsp3) is 0.533. The van der Waals surface area contributed by atoms with E-state index >= 15 is 0 Å². The molecule has 20 heavy (non-hydrogen) atoms. The molecule has 0 bridgehead atoms. The Morgan fingerprint density at radius 2 is 1.90 bits per heavy atom. The maximum atomic E-state index is 12.5. The monoisotopic (exact) mass is 286 g/mol. The van der Waals surface area contributed by atoms with E-state index in [-0.39, 0.29) is 18.8 Å². The lowest BCUT2D eigenvalue weighted by Crippen LogP contribution is -2.29. The van der Waals surface area contributed by atoms with Crippen molar-refractivity contribution in [1.82, 2.24) is 0 Å². The number of carbonyl (C=O) groups excluding carboxylic acids is 1. The van der Waals surface area contributed by atoms with Crippen molar-refractivity contribution in [2.24, 2.45) is 11.8 Å². The Morgan fingerprint density at radius 1 is 1.20 bits per heavy atom. The van der Waals surface area contributed by atoms with E-state index in [9.17, 15) is 18.0 Å². The zero-order valence-corrected chi connectivity index (χ0v) is 11.0. The van der Waals surface area contributed by atoms with E-state index < -0.39 is 12.1 Å². The van der Waals surface area contributed by atoms with Gasteiger partial charge >= 0.3 is 6.18 Å². The Balaban J connectivity index is 1.80. The largest absolute Gasteiger partial charge is 0.493 e. The van der Waals surface area contributed by atoms with Gasteiger partial charge in [-0.25, -0.2) is 0 Å². The van der Waals surface area contributed by atoms with Gasteiger partial charge in [-0.15, -0.1) is 0 Å². The van der Waals surface area contributed by atoms with Crippen molar-refractivity contribution in [3.8, 4) is 5.75 Å². The number of hydrogen-bond donors (Lipinski definition) is 0. The summed E-state index contributed by atoms with van der Waals surface area (Å²) in [6, 6.07) is 6.77. The molecular weight excluding hydrogens is 269 g/mol. The maximum absolute atomic E-state index is 12.5. The third kappa shape index (κ3) is 3.99. The molecule has 1 saturated carbocycles. The number of benzene rings is 1. The molecule has 0 heterocycles. The van der Waals surface area contributed by atoms with Gasteiger partial charge in [0, 0.05) is 5.56 Å². The van der Waals surface area contributed by atoms with Gasteiger partial charge in [0.25, 0.3) is 0 Å². The number of alkyl halides is 3. The molecule has 0 aromatic heterocycles. The topological polar surface area (TPSA) is 26.3 Å². The van der Waals surface area contributed by atoms with Gasteiger partial charge in [0.1, 0.15) is 12.0 Å². The molecule has 110 valence electrons. The SMILES string of the molecule is O=Cc1cccc(OC[C@H]2CC[C@@H](C(F)(F)F)CC2)c1. The average Bonchev–Trinajstić information content (AvgIpc) is 2.45. The van der Waals surface area contributed by atoms with Crippen LogP contribution in [0.3, 0.4) is 0 Å². The third-order valence-corrected chi connectivity index (χ3v) is 3.79. The second-order valence-corrected chi connectivity index (χ2v) is 5.26. The number of ether oxygens (including phenoxy) is 1. The van der Waals surface area contributed by atoms with Gasteiger partial charge in [0.15, 0.2) is 0 Å². The molecule has 0 amide bonds. The second kappa shape index (κ2) is 6.29. The van der Waals surface area contributed by atoms with E-state index in [2.05, 4.69) is 0 Å². The van der Waals surface area contributed by atoms with Crippen molar-refractivity contribution in [1.29, 1.82) is 0 Å². The highest BCUT2D eigenvalue weighted by Crippen LogP contribution is 2.39. The Bertz CT molecular complexity index is 449. The van der Waals surface area contributed by atoms with E-state index in [4.69, 9.17) is 4.74 Å². The van der Waals surface area contributed by atoms with Crippen molar-refractivity contribution < 1.29 is 22.7 Å². The van der Waals surface area contributed by atoms with Crippen molar-refractivity contribution >= 4 is 6.29 Å². The summed E-state index contributed by atoms with van der Waals surface area (Å²) in [6.45, 7) is 0.410. The van der Waals surface area contributed by atoms with Crippen LogP contribution in [0.5, 0.6) is 5.75 Å². The molecule has 1 fully saturated rings. The first kappa shape index (κ1) is 14.9. The predicted molar refractivity (Wildman–Crippen MR) is 68.8 cm³/mol. The average molecular weight is 286 g/mol. The molecule has 1 aromatic carbocycles. The van der Waals surface area contributed by atoms with E-state index in [1.165, 1.54) is 0 Å². The lowest BCUT2D eigenvalue weighted by molar-refractivity contribution is -0.184. The zero-order valence-electron chi connectivity index (χ0n) is 11.0. The van der Waals surface area contributed by atoms with Gasteiger partial charge in [0.05, 0.1) is 12.5 Å². The minimum atomic E-state index is -4.07. The smallest absolute Gasteiger partial charge is 0.391 e. The van der Waals surface area contributed by atoms with Crippen LogP contribution in [0.2, 0.25) is 0 Å². The minimum Gasteiger partial charge on any atom is -0.493 e. The van der Waals surface area contributed by atoms with Crippen LogP contribution < -0.4 is 4.74 Å². The summed E-state index contributed by atoms with van der Waals surface area (Å²) in [5, 5.41) is 0. The molecular formula is C15H17F3O2. The van der Waals surface area contributed by atoms with Crippen LogP contribution in [-0.2, 0) is 0 Å². The molecule has 0 saturated heterocycles. The lowest BCUT2D eigenvalue weighted by atomic mass is 9.82. The molecule has 0 atom stereocenters. The highest BCUT2D eigenvalue weighted by molar-refractivity contribution is 5.75. The fourth-order valence-electron chi connectivity index (χ4n) is 2.55. The fourth-order valence-corrected chi connectivity index (χ4v) is 2.55. The summed E-state index contributed by atoms with van der Waals surface area (Å²) in [5.41, 5.74) is 0.531. The van der Waals surface area contributed by atoms with Crippen LogP contribution >= 0.6 is 0 Å². The van der Waals surface area contributed by atoms with Crippen molar-refractivity contribution in [3.63, 3.8) is 0 Å². The van der Waals surface area contributed by atoms with E-state index in [0.29, 0.717) is 30.8 Å². The van der Waals surface area contributed by atoms with Gasteiger partial charge < -0.3 is 4.74 Å². The quantitative estimate of drug-likeness (QED) is 0.774. The van der Waals surface area contributed by atoms with Crippen molar-refractivity contribution in [3.05, 3.63) is 29.8 Å². The summed E-state index contributed by atoms with van der Waals surface area (Å²) >= 11 is 0. The molecule has 0 unspecified atom stereocenters. The summed E-state index contributed by atoms with van der Waals surface area (Å²) in [6.07, 6.45) is -1.88. The Morgan fingerprint density at radius 3 is 2.50 bits per heavy atom. The van der Waals surface area contributed by atoms with Crippen LogP contribution in [0.25, 0.3) is 0 Å². The molecule has 0 aliphatic heterocycles. The molecule has 5 heteroatoms. The second-order valence-electron chi connectivity index (χ2n) is 5.26. The summed E-state index contributed by atoms with van der Waals surface area (Å²) in [5.74, 6) is -0.404. The predicted octanol–water partition coefficient (Wildman–Crippen LogP) is 4.25. The molecule has 2 rings (SSSR count). The standard InChI is InChI=1S/C15H17F3O2/c16-15(17,18)13-6-4-11(5-7-13)10-20-14-3-1-2-12(8-14)9-19/h1-3,8-9,11,13H,4-7,10H2/t11-,13+. The Kier molecular flexibility index (Phi) is 4.68. The first-order valence-electron chi connectivity index (χ1n) is 6.74. The van der Waals surface area contributed by atoms with E-state index in [1.807, 2.05) is 0 Å². The maximum Gasteiger partial charge on any atom is 0.391 e. The van der Waals surface area contributed by atoms with E-state index in [0.717, 1.165) is 6.29 Å². The number of halogens is 3. The van der Waals surface area contributed by atoms with Crippen LogP contribution in [0.15, 0.2) is 24.3 Å². The van der Waals surface area contributed by atoms with Crippen LogP contribution in [-0.4, -0.2) is 19.1 Å². The first-order valence-corrected chi connectivity index (χ1v) is 6.74. The van der Waals surface area contributed by atoms with Crippen molar-refractivity contribution in [2.75, 3.05) is 6.61 Å². The van der Waals surface area contributed by atoms with Crippen LogP contribution in [0, 0.1) is 11.8 Å². The molecule has 0 radical (unpaired) electrons. The number of hydrogen-bond acceptors (Lipinski definition) is 2. The summed E-state index contributed by atoms with van der Waals surface area (Å²) in [7, 11) is 0. The van der Waals surface area contributed by atoms with Gasteiger partial charge in [0.2, 0.25) is 0 Å². The minimum absolute atomic E-state index is 0.161. The molecule has 0 N–H and O–H groups in total. The highest BCUT2D eigenvalue weighted by Gasteiger charge is 2.41. The zero-order chi connectivity index (χ0) is 14.6. The number of aldehydes is 1. The van der Waals surface area contributed by atoms with Gasteiger partial charge in [-0.1, -0.05) is 12.1 Å². The molecule has 0 spiro atoms.